The molecule has 10 rings (SSSR count). The second kappa shape index (κ2) is 32.2. The lowest BCUT2D eigenvalue weighted by atomic mass is 9.45. The van der Waals surface area contributed by atoms with Crippen LogP contribution in [0.15, 0.2) is 138 Å². The van der Waals surface area contributed by atoms with Gasteiger partial charge in [0, 0.05) is 72.8 Å². The summed E-state index contributed by atoms with van der Waals surface area (Å²) < 4.78 is 37.5. The summed E-state index contributed by atoms with van der Waals surface area (Å²) in [7, 11) is 1.94. The van der Waals surface area contributed by atoms with Crippen molar-refractivity contribution in [1.82, 2.24) is 35.9 Å². The van der Waals surface area contributed by atoms with E-state index in [2.05, 4.69) is 41.2 Å². The number of carboxylic acids is 2. The largest absolute Gasteiger partial charge is 0.480 e. The molecular formula is C72H77N9O22S2. The van der Waals surface area contributed by atoms with E-state index in [1.165, 1.54) is 82.4 Å². The monoisotopic (exact) mass is 1480 g/mol. The molecule has 3 fully saturated rings. The van der Waals surface area contributed by atoms with Crippen LogP contribution < -0.4 is 32.6 Å². The van der Waals surface area contributed by atoms with E-state index in [1.54, 1.807) is 66.7 Å². The number of H-pyrrole nitrogens is 1. The fourth-order valence-electron chi connectivity index (χ4n) is 14.1. The number of ketones is 1. The first-order chi connectivity index (χ1) is 49.9. The Labute approximate surface area is 607 Å². The van der Waals surface area contributed by atoms with E-state index in [1.807, 2.05) is 0 Å². The number of carboxylic acid groups (broad SMARTS) is 2. The number of ether oxygens (including phenoxy) is 6. The zero-order valence-electron chi connectivity index (χ0n) is 57.6. The van der Waals surface area contributed by atoms with Gasteiger partial charge < -0.3 is 75.8 Å². The standard InChI is InChI=1S/C72H77N9O22S2/c1-36-47(100-67(96)55(86)53(39-16-10-7-11-17-39)79-62(89)40-18-12-8-13-19-40)31-72(97)59(102-66(95)42-20-14-9-15-21-42)57-70(6,58(87)56(99-37(2)82)52(36)69(72,4)5)48(30-49-71(57,35-98-49)103-38(3)83)101-51(85)28-29-104-105-34-46(65(93)94)77-50(84)27-26-45(64(91)92)78-61(88)41-22-24-43(25-23-41)74-32-44-33-75-60-54(76-44)63(90)81-68(73)80-60/h7-25,33,36,45-49,53,55,57,59,74,86,97H,26-32,34-35H2,1-6H3,(H,77,84)(H,78,88)(H,79,89)(H,91,92)(H,93,94)(H3,73,75,80,81,90)/t36?,45?,46?,47-,48?,49+,53-,55+,57?,59-,70?,71-,72+/m0/s1. The van der Waals surface area contributed by atoms with Crippen LogP contribution in [0.25, 0.3) is 11.2 Å². The number of nitrogens with zero attached hydrogens (tertiary/aromatic N) is 3. The molecule has 0 radical (unpaired) electrons. The third-order valence-electron chi connectivity index (χ3n) is 19.4. The average molecular weight is 1480 g/mol. The van der Waals surface area contributed by atoms with Gasteiger partial charge in [-0.05, 0) is 73.0 Å². The normalized spacial score (nSPS) is 23.9. The number of anilines is 2. The number of rotatable bonds is 28. The maximum absolute atomic E-state index is 16.5. The molecule has 6 aromatic rings. The van der Waals surface area contributed by atoms with Crippen LogP contribution in [0.3, 0.4) is 0 Å². The minimum Gasteiger partial charge on any atom is -0.480 e. The van der Waals surface area contributed by atoms with Crippen molar-refractivity contribution in [3.63, 3.8) is 0 Å². The van der Waals surface area contributed by atoms with Crippen LogP contribution in [0.2, 0.25) is 0 Å². The first kappa shape index (κ1) is 77.0. The smallest absolute Gasteiger partial charge is 0.338 e. The Morgan fingerprint density at radius 1 is 0.752 bits per heavy atom. The number of hydrogen-bond acceptors (Lipinski definition) is 27. The number of carbonyl (C=O) groups excluding carboxylic acids is 9. The summed E-state index contributed by atoms with van der Waals surface area (Å²) in [6.07, 6.45) is -9.68. The third-order valence-corrected chi connectivity index (χ3v) is 21.8. The molecule has 105 heavy (non-hydrogen) atoms. The number of nitrogens with two attached hydrogens (primary N) is 1. The number of nitrogen functional groups attached to an aromatic ring is 1. The van der Waals surface area contributed by atoms with Crippen molar-refractivity contribution in [2.75, 3.05) is 29.2 Å². The van der Waals surface area contributed by atoms with Crippen molar-refractivity contribution in [3.8, 4) is 0 Å². The highest BCUT2D eigenvalue weighted by Crippen LogP contribution is 2.65. The first-order valence-corrected chi connectivity index (χ1v) is 35.8. The fourth-order valence-corrected chi connectivity index (χ4v) is 16.2. The molecule has 1 aliphatic heterocycles. The lowest BCUT2D eigenvalue weighted by molar-refractivity contribution is -0.346. The number of aliphatic carboxylic acids is 2. The lowest BCUT2D eigenvalue weighted by Gasteiger charge is -2.67. The average Bonchev–Trinajstić information content (AvgIpc) is 0.667. The van der Waals surface area contributed by atoms with Crippen molar-refractivity contribution >= 4 is 110 Å². The molecule has 0 spiro atoms. The van der Waals surface area contributed by atoms with Gasteiger partial charge >= 0.3 is 41.8 Å². The van der Waals surface area contributed by atoms with Gasteiger partial charge in [-0.25, -0.2) is 29.1 Å². The summed E-state index contributed by atoms with van der Waals surface area (Å²) >= 11 is 0. The van der Waals surface area contributed by atoms with E-state index >= 15 is 4.79 Å². The van der Waals surface area contributed by atoms with Crippen molar-refractivity contribution in [2.24, 2.45) is 22.7 Å². The summed E-state index contributed by atoms with van der Waals surface area (Å²) in [6, 6.07) is 25.0. The zero-order chi connectivity index (χ0) is 75.9. The van der Waals surface area contributed by atoms with E-state index in [0.717, 1.165) is 35.4 Å². The van der Waals surface area contributed by atoms with Gasteiger partial charge in [0.05, 0.1) is 54.4 Å². The minimum absolute atomic E-state index is 0.0187. The highest BCUT2D eigenvalue weighted by Gasteiger charge is 2.79. The van der Waals surface area contributed by atoms with Crippen molar-refractivity contribution in [1.29, 1.82) is 0 Å². The van der Waals surface area contributed by atoms with Crippen LogP contribution >= 0.6 is 21.6 Å². The van der Waals surface area contributed by atoms with Crippen LogP contribution in [-0.4, -0.2) is 178 Å². The molecule has 31 nitrogen and oxygen atoms in total. The topological polar surface area (TPSA) is 470 Å². The molecule has 1 saturated heterocycles. The molecule has 4 aromatic carbocycles. The third kappa shape index (κ3) is 16.5. The molecule has 4 aliphatic rings. The molecule has 554 valence electrons. The molecule has 3 aliphatic carbocycles. The highest BCUT2D eigenvalue weighted by molar-refractivity contribution is 8.76. The molecule has 2 saturated carbocycles. The van der Waals surface area contributed by atoms with E-state index in [0.29, 0.717) is 16.9 Å². The number of aromatic nitrogens is 4. The highest BCUT2D eigenvalue weighted by atomic mass is 33.1. The van der Waals surface area contributed by atoms with Crippen LogP contribution in [0, 0.1) is 22.7 Å². The minimum atomic E-state index is -2.60. The number of aliphatic hydroxyl groups excluding tert-OH is 1. The van der Waals surface area contributed by atoms with Crippen LogP contribution in [-0.2, 0) is 73.3 Å². The Morgan fingerprint density at radius 2 is 1.38 bits per heavy atom. The SMILES string of the molecule is CC(=O)OC1=C2C(C)[C@@H](OC(=O)[C@H](O)[C@@H](NC(=O)c3ccccc3)c3ccccc3)C[C@@](O)([C@@H](OC(=O)c3ccccc3)C3C(C)(C1=O)C(OC(=O)CCSSCC(NC(=O)CCC(NC(=O)c1ccc(NCc4cnc5nc(N)[nH]c(=O)c5n4)cc1)C(=O)O)C(=O)O)C[C@H]1OC[C@@]31OC(C)=O)C2(C)C. The maximum atomic E-state index is 16.5. The van der Waals surface area contributed by atoms with Crippen molar-refractivity contribution in [2.45, 2.75) is 140 Å². The molecule has 13 atom stereocenters. The molecule has 2 bridgehead atoms. The van der Waals surface area contributed by atoms with Gasteiger partial charge in [-0.15, -0.1) is 0 Å². The number of nitrogens with one attached hydrogen (secondary N) is 5. The summed E-state index contributed by atoms with van der Waals surface area (Å²) in [4.78, 5) is 179. The van der Waals surface area contributed by atoms with Crippen LogP contribution in [0.5, 0.6) is 0 Å². The molecule has 3 heterocycles. The van der Waals surface area contributed by atoms with E-state index in [4.69, 9.17) is 34.2 Å². The maximum Gasteiger partial charge on any atom is 0.338 e. The summed E-state index contributed by atoms with van der Waals surface area (Å²) in [5.41, 5.74) is -2.43. The van der Waals surface area contributed by atoms with Gasteiger partial charge in [0.2, 0.25) is 17.6 Å². The number of carbonyl (C=O) groups is 11. The van der Waals surface area contributed by atoms with Gasteiger partial charge in [-0.3, -0.25) is 43.3 Å². The first-order valence-electron chi connectivity index (χ1n) is 33.3. The zero-order valence-corrected chi connectivity index (χ0v) is 59.2. The Hall–Kier alpha value is -10.6. The summed E-state index contributed by atoms with van der Waals surface area (Å²) in [6.45, 7) is 7.58. The van der Waals surface area contributed by atoms with Gasteiger partial charge in [0.1, 0.15) is 42.1 Å². The number of allylic oxidation sites excluding steroid dienone is 1. The molecule has 33 heteroatoms. The number of hydrogen-bond donors (Lipinski definition) is 10. The molecule has 2 aromatic heterocycles. The Kier molecular flexibility index (Phi) is 23.6. The Balaban J connectivity index is 0.841. The van der Waals surface area contributed by atoms with E-state index < -0.39 is 191 Å². The number of fused-ring (bicyclic) bond motifs is 6. The quantitative estimate of drug-likeness (QED) is 0.0137. The summed E-state index contributed by atoms with van der Waals surface area (Å²) in [5, 5.41) is 56.9. The molecule has 11 N–H and O–H groups in total. The van der Waals surface area contributed by atoms with Crippen molar-refractivity contribution in [3.05, 3.63) is 171 Å². The number of aliphatic hydroxyl groups is 2. The van der Waals surface area contributed by atoms with Crippen LogP contribution in [0.4, 0.5) is 11.6 Å². The predicted octanol–water partition coefficient (Wildman–Crippen LogP) is 4.72. The van der Waals surface area contributed by atoms with Gasteiger partial charge in [-0.1, -0.05) is 109 Å². The Bertz CT molecular complexity index is 4440. The summed E-state index contributed by atoms with van der Waals surface area (Å²) in [5.74, 6) is -15.7. The van der Waals surface area contributed by atoms with E-state index in [9.17, 15) is 73.2 Å². The number of amides is 3. The van der Waals surface area contributed by atoms with Gasteiger partial charge in [0.25, 0.3) is 17.4 Å². The Morgan fingerprint density at radius 3 is 2.00 bits per heavy atom. The van der Waals surface area contributed by atoms with Crippen molar-refractivity contribution < 1.29 is 102 Å². The number of Topliss-reactive ketones (excluding diaryl/α,β-unsaturated/α-hetero) is 1. The second-order valence-corrected chi connectivity index (χ2v) is 29.1. The second-order valence-electron chi connectivity index (χ2n) is 26.5. The number of benzene rings is 4. The number of esters is 5. The molecule has 3 amide bonds. The molecular weight excluding hydrogens is 1410 g/mol. The van der Waals surface area contributed by atoms with Crippen LogP contribution in [0.1, 0.15) is 122 Å². The molecule has 6 unspecified atom stereocenters. The number of aromatic amines is 1. The van der Waals surface area contributed by atoms with Gasteiger partial charge in [0.15, 0.2) is 28.6 Å². The van der Waals surface area contributed by atoms with E-state index in [-0.39, 0.29) is 63.8 Å². The fraction of sp³-hybridized carbons (Fsp3) is 0.403. The predicted molar refractivity (Wildman–Crippen MR) is 375 cm³/mol. The van der Waals surface area contributed by atoms with Gasteiger partial charge in [-0.2, -0.15) is 4.98 Å². The lowest BCUT2D eigenvalue weighted by Crippen LogP contribution is -2.81.